The number of hydrogen-bond acceptors (Lipinski definition) is 3. The molecule has 2 aliphatic rings. The maximum Gasteiger partial charge on any atom is 0.141 e. The summed E-state index contributed by atoms with van der Waals surface area (Å²) in [5, 5.41) is 7.23. The van der Waals surface area contributed by atoms with Crippen LogP contribution in [0, 0.1) is 12.2 Å². The fourth-order valence-corrected chi connectivity index (χ4v) is 3.58. The van der Waals surface area contributed by atoms with Crippen molar-refractivity contribution in [3.8, 4) is 0 Å². The van der Waals surface area contributed by atoms with Crippen LogP contribution in [0.2, 0.25) is 5.02 Å². The van der Waals surface area contributed by atoms with E-state index in [1.54, 1.807) is 12.1 Å². The normalized spacial score (nSPS) is 23.0. The molecule has 1 atom stereocenters. The molecule has 5 heteroatoms. The van der Waals surface area contributed by atoms with Gasteiger partial charge in [0.1, 0.15) is 5.82 Å². The highest BCUT2D eigenvalue weighted by Gasteiger charge is 2.38. The number of nitrogens with one attached hydrogen (secondary N) is 2. The predicted molar refractivity (Wildman–Crippen MR) is 85.0 cm³/mol. The van der Waals surface area contributed by atoms with E-state index in [2.05, 4.69) is 22.0 Å². The van der Waals surface area contributed by atoms with Gasteiger partial charge in [0, 0.05) is 31.9 Å². The first-order valence-corrected chi connectivity index (χ1v) is 8.08. The minimum absolute atomic E-state index is 0.0541. The Bertz CT molecular complexity index is 482. The third-order valence-electron chi connectivity index (χ3n) is 4.50. The molecule has 0 amide bonds. The molecule has 1 saturated carbocycles. The van der Waals surface area contributed by atoms with Crippen molar-refractivity contribution in [2.45, 2.75) is 31.3 Å². The zero-order valence-electron chi connectivity index (χ0n) is 12.2. The molecule has 1 aromatic carbocycles. The van der Waals surface area contributed by atoms with Crippen LogP contribution in [0.25, 0.3) is 0 Å². The molecule has 0 bridgehead atoms. The summed E-state index contributed by atoms with van der Waals surface area (Å²) in [6.07, 6.45) is 6.86. The molecule has 0 spiro atoms. The largest absolute Gasteiger partial charge is 0.367 e. The summed E-state index contributed by atoms with van der Waals surface area (Å²) < 4.78 is 13.3. The number of rotatable bonds is 3. The summed E-state index contributed by atoms with van der Waals surface area (Å²) >= 11 is 5.92. The molecule has 1 unspecified atom stereocenters. The van der Waals surface area contributed by atoms with Gasteiger partial charge < -0.3 is 10.6 Å². The Hall–Kier alpha value is -0.840. The first kappa shape index (κ1) is 15.1. The van der Waals surface area contributed by atoms with E-state index in [1.165, 1.54) is 18.9 Å². The summed E-state index contributed by atoms with van der Waals surface area (Å²) in [5.74, 6) is -0.367. The van der Waals surface area contributed by atoms with Gasteiger partial charge in [0.05, 0.1) is 10.7 Å². The van der Waals surface area contributed by atoms with Gasteiger partial charge in [-0.3, -0.25) is 4.90 Å². The molecule has 21 heavy (non-hydrogen) atoms. The number of anilines is 1. The fraction of sp³-hybridized carbons (Fsp3) is 0.562. The molecular formula is C16H22ClFN3. The number of benzene rings is 1. The van der Waals surface area contributed by atoms with Crippen LogP contribution in [-0.4, -0.2) is 36.7 Å². The van der Waals surface area contributed by atoms with Crippen molar-refractivity contribution in [2.24, 2.45) is 0 Å². The standard InChI is InChI=1S/C16H22ClFN3/c17-14-12-13(4-5-15(14)18)20-16(6-2-1-3-7-16)21-10-8-19-9-11-21/h2,4-5,12,19-20H,1,3,6-11H2. The van der Waals surface area contributed by atoms with Gasteiger partial charge in [-0.25, -0.2) is 4.39 Å². The molecule has 115 valence electrons. The van der Waals surface area contributed by atoms with Crippen LogP contribution in [0.15, 0.2) is 18.2 Å². The molecular weight excluding hydrogens is 289 g/mol. The molecule has 0 aromatic heterocycles. The second-order valence-corrected chi connectivity index (χ2v) is 6.31. The van der Waals surface area contributed by atoms with Gasteiger partial charge in [0.25, 0.3) is 0 Å². The van der Waals surface area contributed by atoms with E-state index in [0.29, 0.717) is 0 Å². The molecule has 2 N–H and O–H groups in total. The van der Waals surface area contributed by atoms with E-state index in [0.717, 1.165) is 44.7 Å². The number of hydrogen-bond donors (Lipinski definition) is 2. The first-order chi connectivity index (χ1) is 10.2. The minimum atomic E-state index is -0.367. The topological polar surface area (TPSA) is 27.3 Å². The average Bonchev–Trinajstić information content (AvgIpc) is 2.53. The van der Waals surface area contributed by atoms with Gasteiger partial charge in [0.15, 0.2) is 0 Å². The second-order valence-electron chi connectivity index (χ2n) is 5.91. The van der Waals surface area contributed by atoms with Crippen LogP contribution in [0.3, 0.4) is 0 Å². The number of halogens is 2. The monoisotopic (exact) mass is 310 g/mol. The van der Waals surface area contributed by atoms with Gasteiger partial charge in [-0.1, -0.05) is 11.6 Å². The van der Waals surface area contributed by atoms with E-state index >= 15 is 0 Å². The Morgan fingerprint density at radius 3 is 2.76 bits per heavy atom. The maximum atomic E-state index is 13.3. The Labute approximate surface area is 130 Å². The van der Waals surface area contributed by atoms with Crippen molar-refractivity contribution in [1.82, 2.24) is 10.2 Å². The molecule has 1 saturated heterocycles. The molecule has 1 heterocycles. The second kappa shape index (κ2) is 6.51. The molecule has 1 aliphatic heterocycles. The van der Waals surface area contributed by atoms with Crippen LogP contribution in [0.4, 0.5) is 10.1 Å². The summed E-state index contributed by atoms with van der Waals surface area (Å²) in [6, 6.07) is 4.90. The maximum absolute atomic E-state index is 13.3. The van der Waals surface area contributed by atoms with E-state index < -0.39 is 0 Å². The molecule has 3 nitrogen and oxygen atoms in total. The summed E-state index contributed by atoms with van der Waals surface area (Å²) in [5.41, 5.74) is 0.844. The van der Waals surface area contributed by atoms with Crippen molar-refractivity contribution < 1.29 is 4.39 Å². The molecule has 1 aliphatic carbocycles. The number of nitrogens with zero attached hydrogens (tertiary/aromatic N) is 1. The van der Waals surface area contributed by atoms with Gasteiger partial charge in [-0.15, -0.1) is 0 Å². The lowest BCUT2D eigenvalue weighted by atomic mass is 9.86. The van der Waals surface area contributed by atoms with Crippen LogP contribution < -0.4 is 10.6 Å². The quantitative estimate of drug-likeness (QED) is 0.897. The van der Waals surface area contributed by atoms with Crippen LogP contribution in [0.5, 0.6) is 0 Å². The lowest BCUT2D eigenvalue weighted by molar-refractivity contribution is 0.0753. The average molecular weight is 311 g/mol. The predicted octanol–water partition coefficient (Wildman–Crippen LogP) is 3.27. The van der Waals surface area contributed by atoms with E-state index in [1.807, 2.05) is 0 Å². The highest BCUT2D eigenvalue weighted by atomic mass is 35.5. The van der Waals surface area contributed by atoms with Crippen molar-refractivity contribution in [1.29, 1.82) is 0 Å². The SMILES string of the molecule is Fc1ccc(NC2(N3CCNCC3)C[CH]CCC2)cc1Cl. The van der Waals surface area contributed by atoms with Crippen LogP contribution >= 0.6 is 11.6 Å². The Balaban J connectivity index is 1.82. The number of piperazine rings is 1. The Morgan fingerprint density at radius 1 is 1.29 bits per heavy atom. The molecule has 1 aromatic rings. The van der Waals surface area contributed by atoms with Gasteiger partial charge >= 0.3 is 0 Å². The van der Waals surface area contributed by atoms with Crippen molar-refractivity contribution >= 4 is 17.3 Å². The highest BCUT2D eigenvalue weighted by Crippen LogP contribution is 2.35. The van der Waals surface area contributed by atoms with Gasteiger partial charge in [0.2, 0.25) is 0 Å². The molecule has 2 fully saturated rings. The highest BCUT2D eigenvalue weighted by molar-refractivity contribution is 6.31. The van der Waals surface area contributed by atoms with E-state index in [9.17, 15) is 4.39 Å². The Kier molecular flexibility index (Phi) is 4.67. The van der Waals surface area contributed by atoms with Crippen molar-refractivity contribution in [3.05, 3.63) is 35.5 Å². The zero-order valence-corrected chi connectivity index (χ0v) is 12.9. The molecule has 1 radical (unpaired) electrons. The lowest BCUT2D eigenvalue weighted by Crippen LogP contribution is -2.61. The van der Waals surface area contributed by atoms with Crippen molar-refractivity contribution in [3.63, 3.8) is 0 Å². The summed E-state index contributed by atoms with van der Waals surface area (Å²) in [4.78, 5) is 2.52. The van der Waals surface area contributed by atoms with Crippen LogP contribution in [-0.2, 0) is 0 Å². The third-order valence-corrected chi connectivity index (χ3v) is 4.79. The van der Waals surface area contributed by atoms with Crippen LogP contribution in [0.1, 0.15) is 25.7 Å². The summed E-state index contributed by atoms with van der Waals surface area (Å²) in [6.45, 7) is 4.12. The summed E-state index contributed by atoms with van der Waals surface area (Å²) in [7, 11) is 0. The fourth-order valence-electron chi connectivity index (χ4n) is 3.40. The van der Waals surface area contributed by atoms with Gasteiger partial charge in [-0.05, 0) is 50.3 Å². The lowest BCUT2D eigenvalue weighted by Gasteiger charge is -2.49. The smallest absolute Gasteiger partial charge is 0.141 e. The first-order valence-electron chi connectivity index (χ1n) is 7.70. The third kappa shape index (κ3) is 3.33. The van der Waals surface area contributed by atoms with Crippen molar-refractivity contribution in [2.75, 3.05) is 31.5 Å². The Morgan fingerprint density at radius 2 is 2.10 bits per heavy atom. The molecule has 3 rings (SSSR count). The minimum Gasteiger partial charge on any atom is -0.367 e. The zero-order chi connectivity index (χ0) is 14.7. The van der Waals surface area contributed by atoms with E-state index in [4.69, 9.17) is 11.6 Å². The van der Waals surface area contributed by atoms with E-state index in [-0.39, 0.29) is 16.5 Å². The van der Waals surface area contributed by atoms with Gasteiger partial charge in [-0.2, -0.15) is 0 Å².